The molecule has 8 nitrogen and oxygen atoms in total. The van der Waals surface area contributed by atoms with Crippen molar-refractivity contribution in [3.05, 3.63) is 88.3 Å². The van der Waals surface area contributed by atoms with E-state index in [1.54, 1.807) is 18.2 Å². The smallest absolute Gasteiger partial charge is 0.343 e. The molecule has 0 fully saturated rings. The largest absolute Gasteiger partial charge is 0.493 e. The van der Waals surface area contributed by atoms with Crippen LogP contribution in [0.2, 0.25) is 0 Å². The zero-order valence-electron chi connectivity index (χ0n) is 22.2. The Morgan fingerprint density at radius 1 is 0.947 bits per heavy atom. The molecule has 0 aliphatic carbocycles. The molecule has 1 atom stereocenters. The second kappa shape index (κ2) is 10.4. The molecule has 2 N–H and O–H groups in total. The van der Waals surface area contributed by atoms with Gasteiger partial charge in [-0.05, 0) is 34.7 Å². The summed E-state index contributed by atoms with van der Waals surface area (Å²) in [7, 11) is 4.41. The molecule has 3 aromatic rings. The van der Waals surface area contributed by atoms with E-state index in [4.69, 9.17) is 29.4 Å². The van der Waals surface area contributed by atoms with Crippen LogP contribution in [-0.4, -0.2) is 27.3 Å². The molecule has 8 heteroatoms. The molecule has 0 bridgehead atoms. The normalized spacial score (nSPS) is 14.6. The molecular weight excluding hydrogens is 484 g/mol. The highest BCUT2D eigenvalue weighted by atomic mass is 16.5. The molecule has 3 aromatic carbocycles. The van der Waals surface area contributed by atoms with Gasteiger partial charge in [0.1, 0.15) is 23.1 Å². The van der Waals surface area contributed by atoms with Gasteiger partial charge in [0.2, 0.25) is 11.6 Å². The first kappa shape index (κ1) is 26.4. The number of nitrogens with two attached hydrogens (primary N) is 1. The summed E-state index contributed by atoms with van der Waals surface area (Å²) < 4.78 is 27.4. The monoisotopic (exact) mass is 514 g/mol. The lowest BCUT2D eigenvalue weighted by Gasteiger charge is -2.27. The lowest BCUT2D eigenvalue weighted by Crippen LogP contribution is -2.21. The van der Waals surface area contributed by atoms with Crippen molar-refractivity contribution in [3.63, 3.8) is 0 Å². The molecule has 4 rings (SSSR count). The van der Waals surface area contributed by atoms with Crippen molar-refractivity contribution in [1.82, 2.24) is 0 Å². The molecular formula is C30H30N2O6. The number of hydrogen-bond acceptors (Lipinski definition) is 8. The van der Waals surface area contributed by atoms with Crippen molar-refractivity contribution in [2.45, 2.75) is 32.1 Å². The SMILES string of the molecule is COc1cc(C(=O)Oc2ccc3c(c2)OC(N)=C(C#N)C3c2ccc(C(C)(C)C)cc2)cc(OC)c1OC. The molecule has 196 valence electrons. The van der Waals surface area contributed by atoms with Crippen molar-refractivity contribution in [2.75, 3.05) is 21.3 Å². The van der Waals surface area contributed by atoms with Crippen LogP contribution in [0.15, 0.2) is 66.1 Å². The fourth-order valence-electron chi connectivity index (χ4n) is 4.38. The van der Waals surface area contributed by atoms with Gasteiger partial charge in [-0.15, -0.1) is 0 Å². The Morgan fingerprint density at radius 3 is 2.11 bits per heavy atom. The van der Waals surface area contributed by atoms with E-state index in [1.165, 1.54) is 39.0 Å². The minimum absolute atomic E-state index is 0.00423. The highest BCUT2D eigenvalue weighted by Gasteiger charge is 2.31. The van der Waals surface area contributed by atoms with Crippen LogP contribution in [0, 0.1) is 11.3 Å². The number of allylic oxidation sites excluding steroid dienone is 1. The van der Waals surface area contributed by atoms with Gasteiger partial charge in [0.15, 0.2) is 11.5 Å². The van der Waals surface area contributed by atoms with Crippen molar-refractivity contribution in [1.29, 1.82) is 5.26 Å². The van der Waals surface area contributed by atoms with Gasteiger partial charge in [0, 0.05) is 11.6 Å². The third-order valence-corrected chi connectivity index (χ3v) is 6.41. The number of rotatable bonds is 6. The van der Waals surface area contributed by atoms with Gasteiger partial charge in [-0.25, -0.2) is 4.79 Å². The number of esters is 1. The van der Waals surface area contributed by atoms with Gasteiger partial charge >= 0.3 is 5.97 Å². The number of benzene rings is 3. The first-order valence-electron chi connectivity index (χ1n) is 12.0. The Morgan fingerprint density at radius 2 is 1.58 bits per heavy atom. The molecule has 0 saturated carbocycles. The summed E-state index contributed by atoms with van der Waals surface area (Å²) in [4.78, 5) is 13.0. The zero-order valence-corrected chi connectivity index (χ0v) is 22.2. The van der Waals surface area contributed by atoms with Crippen LogP contribution >= 0.6 is 0 Å². The van der Waals surface area contributed by atoms with Crippen LogP contribution in [0.3, 0.4) is 0 Å². The average Bonchev–Trinajstić information content (AvgIpc) is 2.90. The number of carbonyl (C=O) groups is 1. The Kier molecular flexibility index (Phi) is 7.22. The van der Waals surface area contributed by atoms with Crippen LogP contribution in [0.4, 0.5) is 0 Å². The molecule has 0 radical (unpaired) electrons. The molecule has 0 saturated heterocycles. The first-order valence-corrected chi connectivity index (χ1v) is 12.0. The number of methoxy groups -OCH3 is 3. The highest BCUT2D eigenvalue weighted by molar-refractivity contribution is 5.92. The van der Waals surface area contributed by atoms with Gasteiger partial charge in [0.25, 0.3) is 0 Å². The number of nitrogens with zero attached hydrogens (tertiary/aromatic N) is 1. The van der Waals surface area contributed by atoms with Gasteiger partial charge in [0.05, 0.1) is 32.8 Å². The van der Waals surface area contributed by atoms with E-state index in [1.807, 2.05) is 12.1 Å². The van der Waals surface area contributed by atoms with Crippen LogP contribution in [-0.2, 0) is 5.41 Å². The maximum absolute atomic E-state index is 13.0. The number of nitriles is 1. The Hall–Kier alpha value is -4.64. The average molecular weight is 515 g/mol. The van der Waals surface area contributed by atoms with Crippen LogP contribution < -0.4 is 29.4 Å². The third-order valence-electron chi connectivity index (χ3n) is 6.41. The standard InChI is InChI=1S/C30H30N2O6/c1-30(2,3)19-9-7-17(8-10-19)26-21-12-11-20(15-23(21)38-28(32)22(26)16-31)37-29(33)18-13-24(34-4)27(36-6)25(14-18)35-5/h7-15,26H,32H2,1-6H3. The summed E-state index contributed by atoms with van der Waals surface area (Å²) in [6.45, 7) is 6.43. The topological polar surface area (TPSA) is 113 Å². The second-order valence-electron chi connectivity index (χ2n) is 9.80. The van der Waals surface area contributed by atoms with Gasteiger partial charge in [-0.1, -0.05) is 51.1 Å². The molecule has 1 unspecified atom stereocenters. The molecule has 1 heterocycles. The summed E-state index contributed by atoms with van der Waals surface area (Å²) in [5.74, 6) is 0.640. The zero-order chi connectivity index (χ0) is 27.6. The van der Waals surface area contributed by atoms with Gasteiger partial charge in [-0.3, -0.25) is 0 Å². The van der Waals surface area contributed by atoms with Crippen molar-refractivity contribution in [3.8, 4) is 34.8 Å². The number of carbonyl (C=O) groups excluding carboxylic acids is 1. The fraction of sp³-hybridized carbons (Fsp3) is 0.267. The van der Waals surface area contributed by atoms with E-state index < -0.39 is 11.9 Å². The van der Waals surface area contributed by atoms with Crippen LogP contribution in [0.5, 0.6) is 28.7 Å². The highest BCUT2D eigenvalue weighted by Crippen LogP contribution is 2.44. The maximum atomic E-state index is 13.0. The van der Waals surface area contributed by atoms with Crippen LogP contribution in [0.25, 0.3) is 0 Å². The number of hydrogen-bond donors (Lipinski definition) is 1. The summed E-state index contributed by atoms with van der Waals surface area (Å²) in [6, 6.07) is 18.4. The molecule has 0 amide bonds. The second-order valence-corrected chi connectivity index (χ2v) is 9.80. The lowest BCUT2D eigenvalue weighted by atomic mass is 9.81. The van der Waals surface area contributed by atoms with E-state index >= 15 is 0 Å². The maximum Gasteiger partial charge on any atom is 0.343 e. The number of ether oxygens (including phenoxy) is 5. The third kappa shape index (κ3) is 4.96. The van der Waals surface area contributed by atoms with Crippen molar-refractivity contribution in [2.24, 2.45) is 5.73 Å². The summed E-state index contributed by atoms with van der Waals surface area (Å²) in [6.07, 6.45) is 0. The van der Waals surface area contributed by atoms with E-state index in [2.05, 4.69) is 39.0 Å². The van der Waals surface area contributed by atoms with Crippen LogP contribution in [0.1, 0.15) is 53.7 Å². The Labute approximate surface area is 222 Å². The summed E-state index contributed by atoms with van der Waals surface area (Å²) in [5.41, 5.74) is 9.51. The minimum atomic E-state index is -0.629. The van der Waals surface area contributed by atoms with E-state index in [0.717, 1.165) is 11.1 Å². The first-order chi connectivity index (χ1) is 18.1. The van der Waals surface area contributed by atoms with E-state index in [9.17, 15) is 10.1 Å². The predicted molar refractivity (Wildman–Crippen MR) is 142 cm³/mol. The Balaban J connectivity index is 1.67. The number of fused-ring (bicyclic) bond motifs is 1. The van der Waals surface area contributed by atoms with Crippen molar-refractivity contribution < 1.29 is 28.5 Å². The van der Waals surface area contributed by atoms with Gasteiger partial charge < -0.3 is 29.4 Å². The quantitative estimate of drug-likeness (QED) is 0.341. The van der Waals surface area contributed by atoms with E-state index in [-0.39, 0.29) is 22.6 Å². The summed E-state index contributed by atoms with van der Waals surface area (Å²) >= 11 is 0. The molecule has 1 aliphatic heterocycles. The predicted octanol–water partition coefficient (Wildman–Crippen LogP) is 5.45. The molecule has 0 aromatic heterocycles. The molecule has 1 aliphatic rings. The van der Waals surface area contributed by atoms with Gasteiger partial charge in [-0.2, -0.15) is 5.26 Å². The molecule has 0 spiro atoms. The lowest BCUT2D eigenvalue weighted by molar-refractivity contribution is 0.0733. The van der Waals surface area contributed by atoms with E-state index in [0.29, 0.717) is 28.6 Å². The minimum Gasteiger partial charge on any atom is -0.493 e. The summed E-state index contributed by atoms with van der Waals surface area (Å²) in [5, 5.41) is 9.86. The Bertz CT molecular complexity index is 1420. The van der Waals surface area contributed by atoms with Crippen molar-refractivity contribution >= 4 is 5.97 Å². The fourth-order valence-corrected chi connectivity index (χ4v) is 4.38. The molecule has 38 heavy (non-hydrogen) atoms.